The number of fused-ring (bicyclic) bond motifs is 1. The second-order valence-corrected chi connectivity index (χ2v) is 6.59. The fraction of sp³-hybridized carbons (Fsp3) is 0.118. The Hall–Kier alpha value is -2.18. The Labute approximate surface area is 150 Å². The molecule has 0 fully saturated rings. The van der Waals surface area contributed by atoms with Crippen LogP contribution >= 0.6 is 27.5 Å². The highest BCUT2D eigenvalue weighted by Gasteiger charge is 2.25. The summed E-state index contributed by atoms with van der Waals surface area (Å²) in [7, 11) is 0. The van der Waals surface area contributed by atoms with Crippen molar-refractivity contribution in [1.82, 2.24) is 10.2 Å². The van der Waals surface area contributed by atoms with E-state index in [1.54, 1.807) is 42.5 Å². The second-order valence-electron chi connectivity index (χ2n) is 5.33. The van der Waals surface area contributed by atoms with Gasteiger partial charge in [-0.1, -0.05) is 35.9 Å². The zero-order valence-electron chi connectivity index (χ0n) is 12.3. The summed E-state index contributed by atoms with van der Waals surface area (Å²) in [5, 5.41) is 17.5. The summed E-state index contributed by atoms with van der Waals surface area (Å²) in [5.41, 5.74) is 0.759. The molecule has 3 rings (SSSR count). The number of nitrogens with one attached hydrogen (secondary N) is 1. The van der Waals surface area contributed by atoms with Crippen LogP contribution in [-0.2, 0) is 11.2 Å². The minimum Gasteiger partial charge on any atom is -0.481 e. The van der Waals surface area contributed by atoms with E-state index in [4.69, 9.17) is 11.6 Å². The molecule has 0 spiro atoms. The van der Waals surface area contributed by atoms with Crippen LogP contribution < -0.4 is 5.56 Å². The molecule has 0 saturated carbocycles. The molecule has 7 heteroatoms. The first-order valence-electron chi connectivity index (χ1n) is 7.11. The molecule has 1 unspecified atom stereocenters. The molecule has 0 amide bonds. The Bertz CT molecular complexity index is 987. The van der Waals surface area contributed by atoms with E-state index in [0.717, 1.165) is 10.0 Å². The number of carbonyl (C=O) groups is 1. The van der Waals surface area contributed by atoms with Crippen LogP contribution in [0.3, 0.4) is 0 Å². The van der Waals surface area contributed by atoms with Crippen molar-refractivity contribution in [3.05, 3.63) is 73.6 Å². The van der Waals surface area contributed by atoms with Gasteiger partial charge in [-0.15, -0.1) is 0 Å². The minimum absolute atomic E-state index is 0.214. The zero-order valence-corrected chi connectivity index (χ0v) is 14.6. The smallest absolute Gasteiger partial charge is 0.313 e. The lowest BCUT2D eigenvalue weighted by molar-refractivity contribution is -0.138. The van der Waals surface area contributed by atoms with Crippen LogP contribution in [0.15, 0.2) is 51.7 Å². The van der Waals surface area contributed by atoms with Crippen LogP contribution in [0.4, 0.5) is 0 Å². The molecule has 122 valence electrons. The number of hydrogen-bond donors (Lipinski definition) is 2. The number of carboxylic acids is 1. The summed E-state index contributed by atoms with van der Waals surface area (Å²) in [5.74, 6) is -1.91. The van der Waals surface area contributed by atoms with Gasteiger partial charge in [0.25, 0.3) is 5.56 Å². The number of hydrogen-bond acceptors (Lipinski definition) is 3. The van der Waals surface area contributed by atoms with Crippen molar-refractivity contribution in [1.29, 1.82) is 0 Å². The van der Waals surface area contributed by atoms with Gasteiger partial charge < -0.3 is 5.11 Å². The highest BCUT2D eigenvalue weighted by Crippen LogP contribution is 2.28. The number of rotatable bonds is 4. The van der Waals surface area contributed by atoms with Crippen molar-refractivity contribution in [3.63, 3.8) is 0 Å². The number of benzene rings is 2. The van der Waals surface area contributed by atoms with Gasteiger partial charge in [0, 0.05) is 9.86 Å². The van der Waals surface area contributed by atoms with Crippen LogP contribution in [-0.4, -0.2) is 21.3 Å². The first-order chi connectivity index (χ1) is 11.5. The van der Waals surface area contributed by atoms with Crippen molar-refractivity contribution in [2.45, 2.75) is 12.3 Å². The van der Waals surface area contributed by atoms with E-state index < -0.39 is 11.9 Å². The quantitative estimate of drug-likeness (QED) is 0.690. The van der Waals surface area contributed by atoms with Gasteiger partial charge in [-0.05, 0) is 46.1 Å². The predicted molar refractivity (Wildman–Crippen MR) is 95.6 cm³/mol. The maximum Gasteiger partial charge on any atom is 0.313 e. The third kappa shape index (κ3) is 3.20. The third-order valence-corrected chi connectivity index (χ3v) is 5.01. The lowest BCUT2D eigenvalue weighted by Crippen LogP contribution is -2.20. The molecule has 1 heterocycles. The van der Waals surface area contributed by atoms with Gasteiger partial charge in [-0.3, -0.25) is 9.59 Å². The van der Waals surface area contributed by atoms with Crippen molar-refractivity contribution < 1.29 is 9.90 Å². The molecule has 0 aliphatic rings. The number of H-pyrrole nitrogens is 1. The van der Waals surface area contributed by atoms with Gasteiger partial charge in [0.2, 0.25) is 0 Å². The Morgan fingerprint density at radius 3 is 2.62 bits per heavy atom. The van der Waals surface area contributed by atoms with Gasteiger partial charge in [-0.2, -0.15) is 5.10 Å². The number of aliphatic carboxylic acids is 1. The molecule has 5 nitrogen and oxygen atoms in total. The standard InChI is InChI=1S/C17H12BrClN2O3/c18-13-6-5-9(8-14(13)19)7-12(17(23)24)15-10-3-1-2-4-11(10)16(22)21-20-15/h1-6,8,12H,7H2,(H,21,22)(H,23,24). The van der Waals surface area contributed by atoms with E-state index in [1.807, 2.05) is 0 Å². The second kappa shape index (κ2) is 6.75. The first kappa shape index (κ1) is 16.7. The fourth-order valence-electron chi connectivity index (χ4n) is 2.60. The van der Waals surface area contributed by atoms with E-state index in [9.17, 15) is 14.7 Å². The molecule has 24 heavy (non-hydrogen) atoms. The monoisotopic (exact) mass is 406 g/mol. The highest BCUT2D eigenvalue weighted by atomic mass is 79.9. The summed E-state index contributed by atoms with van der Waals surface area (Å²) in [4.78, 5) is 23.7. The van der Waals surface area contributed by atoms with Crippen molar-refractivity contribution >= 4 is 44.3 Å². The van der Waals surface area contributed by atoms with E-state index in [0.29, 0.717) is 21.5 Å². The van der Waals surface area contributed by atoms with E-state index >= 15 is 0 Å². The molecular formula is C17H12BrClN2O3. The van der Waals surface area contributed by atoms with Crippen molar-refractivity contribution in [2.75, 3.05) is 0 Å². The normalized spacial score (nSPS) is 12.2. The average molecular weight is 408 g/mol. The molecule has 0 aliphatic heterocycles. The lowest BCUT2D eigenvalue weighted by Gasteiger charge is -2.14. The maximum absolute atomic E-state index is 11.9. The SMILES string of the molecule is O=C(O)C(Cc1ccc(Br)c(Cl)c1)c1n[nH]c(=O)c2ccccc12. The highest BCUT2D eigenvalue weighted by molar-refractivity contribution is 9.10. The number of nitrogens with zero attached hydrogens (tertiary/aromatic N) is 1. The molecule has 1 atom stereocenters. The summed E-state index contributed by atoms with van der Waals surface area (Å²) < 4.78 is 0.743. The molecule has 3 aromatic rings. The molecule has 0 bridgehead atoms. The molecule has 1 aromatic heterocycles. The molecular weight excluding hydrogens is 396 g/mol. The third-order valence-electron chi connectivity index (χ3n) is 3.78. The van der Waals surface area contributed by atoms with E-state index in [1.165, 1.54) is 0 Å². The predicted octanol–water partition coefficient (Wildman–Crippen LogP) is 3.75. The molecule has 2 N–H and O–H groups in total. The molecule has 0 radical (unpaired) electrons. The number of aromatic amines is 1. The number of halogens is 2. The largest absolute Gasteiger partial charge is 0.481 e. The maximum atomic E-state index is 11.9. The molecule has 2 aromatic carbocycles. The van der Waals surface area contributed by atoms with Gasteiger partial charge in [0.05, 0.1) is 16.1 Å². The van der Waals surface area contributed by atoms with Gasteiger partial charge in [-0.25, -0.2) is 5.10 Å². The van der Waals surface area contributed by atoms with Crippen LogP contribution in [0.2, 0.25) is 5.02 Å². The Morgan fingerprint density at radius 1 is 1.25 bits per heavy atom. The Kier molecular flexibility index (Phi) is 4.69. The van der Waals surface area contributed by atoms with Crippen LogP contribution in [0.25, 0.3) is 10.8 Å². The van der Waals surface area contributed by atoms with Crippen LogP contribution in [0.1, 0.15) is 17.2 Å². The summed E-state index contributed by atoms with van der Waals surface area (Å²) in [6.07, 6.45) is 0.214. The van der Waals surface area contributed by atoms with Gasteiger partial charge in [0.1, 0.15) is 5.92 Å². The van der Waals surface area contributed by atoms with Crippen LogP contribution in [0.5, 0.6) is 0 Å². The molecule has 0 aliphatic carbocycles. The summed E-state index contributed by atoms with van der Waals surface area (Å²) in [6.45, 7) is 0. The van der Waals surface area contributed by atoms with Crippen molar-refractivity contribution in [2.24, 2.45) is 0 Å². The number of aromatic nitrogens is 2. The van der Waals surface area contributed by atoms with Crippen molar-refractivity contribution in [3.8, 4) is 0 Å². The fourth-order valence-corrected chi connectivity index (χ4v) is 3.05. The Morgan fingerprint density at radius 2 is 1.96 bits per heavy atom. The summed E-state index contributed by atoms with van der Waals surface area (Å²) >= 11 is 9.39. The summed E-state index contributed by atoms with van der Waals surface area (Å²) in [6, 6.07) is 12.1. The van der Waals surface area contributed by atoms with E-state index in [-0.39, 0.29) is 12.0 Å². The zero-order chi connectivity index (χ0) is 17.3. The number of carboxylic acid groups (broad SMARTS) is 1. The average Bonchev–Trinajstić information content (AvgIpc) is 2.57. The Balaban J connectivity index is 2.09. The minimum atomic E-state index is -1.02. The first-order valence-corrected chi connectivity index (χ1v) is 8.28. The topological polar surface area (TPSA) is 83.0 Å². The molecule has 0 saturated heterocycles. The lowest BCUT2D eigenvalue weighted by atomic mass is 9.93. The van der Waals surface area contributed by atoms with Gasteiger partial charge >= 0.3 is 5.97 Å². The van der Waals surface area contributed by atoms with E-state index in [2.05, 4.69) is 26.1 Å². The van der Waals surface area contributed by atoms with Gasteiger partial charge in [0.15, 0.2) is 0 Å². The van der Waals surface area contributed by atoms with Crippen LogP contribution in [0, 0.1) is 0 Å².